The van der Waals surface area contributed by atoms with Gasteiger partial charge in [-0.1, -0.05) is 30.3 Å². The Kier molecular flexibility index (Phi) is 9.79. The standard InChI is InChI=1S/C31H35N3O5/c1-36-27-6-4-5-26(19-27)30(39-22-24-9-7-23(20-32)8-10-24)21-33-13-15-34(16-14-33)31(35)18-25-11-12-28(37-2)29(17-25)38-3/h4-12,17,19,30H,13-16,18,21-22H2,1-3H3/t30-/m0/s1. The molecule has 3 aromatic rings. The van der Waals surface area contributed by atoms with Gasteiger partial charge in [-0.3, -0.25) is 9.69 Å². The first kappa shape index (κ1) is 28.0. The Labute approximate surface area is 230 Å². The number of hydrogen-bond donors (Lipinski definition) is 0. The highest BCUT2D eigenvalue weighted by molar-refractivity contribution is 5.79. The van der Waals surface area contributed by atoms with E-state index in [-0.39, 0.29) is 12.0 Å². The van der Waals surface area contributed by atoms with Crippen molar-refractivity contribution in [1.29, 1.82) is 5.26 Å². The molecule has 1 aliphatic rings. The van der Waals surface area contributed by atoms with Crippen LogP contribution in [0.1, 0.15) is 28.4 Å². The van der Waals surface area contributed by atoms with Crippen molar-refractivity contribution in [3.63, 3.8) is 0 Å². The monoisotopic (exact) mass is 529 g/mol. The van der Waals surface area contributed by atoms with Gasteiger partial charge >= 0.3 is 0 Å². The van der Waals surface area contributed by atoms with E-state index >= 15 is 0 Å². The summed E-state index contributed by atoms with van der Waals surface area (Å²) in [6.07, 6.45) is 0.144. The van der Waals surface area contributed by atoms with Crippen LogP contribution in [-0.4, -0.2) is 69.8 Å². The molecule has 1 aliphatic heterocycles. The molecule has 204 valence electrons. The van der Waals surface area contributed by atoms with Crippen molar-refractivity contribution in [2.45, 2.75) is 19.1 Å². The van der Waals surface area contributed by atoms with E-state index in [9.17, 15) is 4.79 Å². The van der Waals surface area contributed by atoms with Crippen LogP contribution in [0.4, 0.5) is 0 Å². The van der Waals surface area contributed by atoms with E-state index in [1.807, 2.05) is 53.4 Å². The number of carbonyl (C=O) groups excluding carboxylic acids is 1. The van der Waals surface area contributed by atoms with Crippen molar-refractivity contribution >= 4 is 5.91 Å². The molecule has 0 unspecified atom stereocenters. The molecular formula is C31H35N3O5. The average molecular weight is 530 g/mol. The first-order valence-electron chi connectivity index (χ1n) is 13.0. The van der Waals surface area contributed by atoms with Crippen LogP contribution in [0.5, 0.6) is 17.2 Å². The molecule has 0 radical (unpaired) electrons. The topological polar surface area (TPSA) is 84.3 Å². The Bertz CT molecular complexity index is 1280. The molecular weight excluding hydrogens is 494 g/mol. The van der Waals surface area contributed by atoms with Crippen LogP contribution in [0.25, 0.3) is 0 Å². The number of methoxy groups -OCH3 is 3. The van der Waals surface area contributed by atoms with E-state index in [1.165, 1.54) is 0 Å². The predicted octanol–water partition coefficient (Wildman–Crippen LogP) is 4.23. The zero-order valence-electron chi connectivity index (χ0n) is 22.8. The zero-order chi connectivity index (χ0) is 27.6. The highest BCUT2D eigenvalue weighted by atomic mass is 16.5. The first-order chi connectivity index (χ1) is 19.0. The number of benzene rings is 3. The van der Waals surface area contributed by atoms with Crippen molar-refractivity contribution in [1.82, 2.24) is 9.80 Å². The van der Waals surface area contributed by atoms with Crippen molar-refractivity contribution < 1.29 is 23.7 Å². The van der Waals surface area contributed by atoms with E-state index in [0.717, 1.165) is 35.5 Å². The summed E-state index contributed by atoms with van der Waals surface area (Å²) in [5.74, 6) is 2.15. The fraction of sp³-hybridized carbons (Fsp3) is 0.355. The molecule has 39 heavy (non-hydrogen) atoms. The van der Waals surface area contributed by atoms with Crippen LogP contribution < -0.4 is 14.2 Å². The van der Waals surface area contributed by atoms with Gasteiger partial charge in [0.1, 0.15) is 5.75 Å². The second-order valence-corrected chi connectivity index (χ2v) is 9.43. The number of rotatable bonds is 11. The molecule has 1 amide bonds. The van der Waals surface area contributed by atoms with Gasteiger partial charge in [0.2, 0.25) is 5.91 Å². The van der Waals surface area contributed by atoms with Gasteiger partial charge < -0.3 is 23.8 Å². The van der Waals surface area contributed by atoms with Crippen LogP contribution >= 0.6 is 0 Å². The molecule has 0 aromatic heterocycles. The maximum absolute atomic E-state index is 13.0. The summed E-state index contributed by atoms with van der Waals surface area (Å²) in [5, 5.41) is 9.06. The Balaban J connectivity index is 1.36. The van der Waals surface area contributed by atoms with Crippen molar-refractivity contribution in [2.24, 2.45) is 0 Å². The molecule has 1 fully saturated rings. The van der Waals surface area contributed by atoms with Gasteiger partial charge in [-0.25, -0.2) is 0 Å². The average Bonchev–Trinajstić information content (AvgIpc) is 2.99. The summed E-state index contributed by atoms with van der Waals surface area (Å²) in [6, 6.07) is 23.1. The van der Waals surface area contributed by atoms with Crippen molar-refractivity contribution in [2.75, 3.05) is 54.1 Å². The molecule has 1 saturated heterocycles. The van der Waals surface area contributed by atoms with Crippen LogP contribution in [-0.2, 0) is 22.6 Å². The molecule has 0 bridgehead atoms. The quantitative estimate of drug-likeness (QED) is 0.368. The normalized spacial score (nSPS) is 14.4. The third-order valence-electron chi connectivity index (χ3n) is 6.95. The SMILES string of the molecule is COc1cccc([C@H](CN2CCN(C(=O)Cc3ccc(OC)c(OC)c3)CC2)OCc2ccc(C#N)cc2)c1. The maximum Gasteiger partial charge on any atom is 0.227 e. The fourth-order valence-corrected chi connectivity index (χ4v) is 4.66. The summed E-state index contributed by atoms with van der Waals surface area (Å²) < 4.78 is 22.5. The molecule has 0 N–H and O–H groups in total. The Morgan fingerprint density at radius 2 is 1.59 bits per heavy atom. The molecule has 3 aromatic carbocycles. The van der Waals surface area contributed by atoms with Gasteiger partial charge in [0, 0.05) is 32.7 Å². The number of amides is 1. The second kappa shape index (κ2) is 13.7. The molecule has 8 nitrogen and oxygen atoms in total. The van der Waals surface area contributed by atoms with Crippen LogP contribution in [0.15, 0.2) is 66.7 Å². The lowest BCUT2D eigenvalue weighted by Crippen LogP contribution is -2.50. The molecule has 0 aliphatic carbocycles. The van der Waals surface area contributed by atoms with E-state index in [4.69, 9.17) is 24.2 Å². The summed E-state index contributed by atoms with van der Waals surface area (Å²) in [6.45, 7) is 3.97. The minimum atomic E-state index is -0.176. The summed E-state index contributed by atoms with van der Waals surface area (Å²) in [5.41, 5.74) is 3.57. The highest BCUT2D eigenvalue weighted by Gasteiger charge is 2.25. The largest absolute Gasteiger partial charge is 0.497 e. The van der Waals surface area contributed by atoms with Gasteiger partial charge in [0.15, 0.2) is 11.5 Å². The van der Waals surface area contributed by atoms with Crippen LogP contribution in [0.2, 0.25) is 0 Å². The Morgan fingerprint density at radius 1 is 0.872 bits per heavy atom. The predicted molar refractivity (Wildman–Crippen MR) is 148 cm³/mol. The first-order valence-corrected chi connectivity index (χ1v) is 13.0. The Hall–Kier alpha value is -4.06. The van der Waals surface area contributed by atoms with Gasteiger partial charge in [-0.05, 0) is 53.1 Å². The number of carbonyl (C=O) groups is 1. The molecule has 1 heterocycles. The fourth-order valence-electron chi connectivity index (χ4n) is 4.66. The van der Waals surface area contributed by atoms with Crippen LogP contribution in [0.3, 0.4) is 0 Å². The van der Waals surface area contributed by atoms with Gasteiger partial charge in [0.05, 0.1) is 52.1 Å². The van der Waals surface area contributed by atoms with Gasteiger partial charge in [0.25, 0.3) is 0 Å². The van der Waals surface area contributed by atoms with E-state index in [0.29, 0.717) is 49.7 Å². The molecule has 0 saturated carbocycles. The molecule has 1 atom stereocenters. The lowest BCUT2D eigenvalue weighted by molar-refractivity contribution is -0.132. The third kappa shape index (κ3) is 7.50. The lowest BCUT2D eigenvalue weighted by atomic mass is 10.1. The van der Waals surface area contributed by atoms with Gasteiger partial charge in [-0.15, -0.1) is 0 Å². The van der Waals surface area contributed by atoms with E-state index in [1.54, 1.807) is 33.5 Å². The number of nitriles is 1. The zero-order valence-corrected chi connectivity index (χ0v) is 22.8. The molecule has 0 spiro atoms. The number of nitrogens with zero attached hydrogens (tertiary/aromatic N) is 3. The summed E-state index contributed by atoms with van der Waals surface area (Å²) >= 11 is 0. The van der Waals surface area contributed by atoms with Crippen molar-refractivity contribution in [3.05, 3.63) is 89.0 Å². The number of piperazine rings is 1. The molecule has 8 heteroatoms. The maximum atomic E-state index is 13.0. The Morgan fingerprint density at radius 3 is 2.26 bits per heavy atom. The van der Waals surface area contributed by atoms with Crippen molar-refractivity contribution in [3.8, 4) is 23.3 Å². The van der Waals surface area contributed by atoms with E-state index in [2.05, 4.69) is 17.0 Å². The van der Waals surface area contributed by atoms with E-state index < -0.39 is 0 Å². The smallest absolute Gasteiger partial charge is 0.227 e. The summed E-state index contributed by atoms with van der Waals surface area (Å²) in [7, 11) is 4.85. The third-order valence-corrected chi connectivity index (χ3v) is 6.95. The lowest BCUT2D eigenvalue weighted by Gasteiger charge is -2.36. The second-order valence-electron chi connectivity index (χ2n) is 9.43. The van der Waals surface area contributed by atoms with Crippen LogP contribution in [0, 0.1) is 11.3 Å². The number of hydrogen-bond acceptors (Lipinski definition) is 7. The highest BCUT2D eigenvalue weighted by Crippen LogP contribution is 2.28. The minimum Gasteiger partial charge on any atom is -0.497 e. The summed E-state index contributed by atoms with van der Waals surface area (Å²) in [4.78, 5) is 17.3. The van der Waals surface area contributed by atoms with Gasteiger partial charge in [-0.2, -0.15) is 5.26 Å². The minimum absolute atomic E-state index is 0.100. The molecule has 4 rings (SSSR count). The number of ether oxygens (including phenoxy) is 4.